The molecular weight excluding hydrogens is 1160 g/mol. The molecule has 2 aromatic rings. The molecule has 0 aliphatic carbocycles. The number of imide groups is 1. The number of esters is 1. The molecule has 1 unspecified atom stereocenters. The quantitative estimate of drug-likeness (QED) is 0.0287. The number of nitrogens with one attached hydrogen (secondary N) is 6. The van der Waals surface area contributed by atoms with Gasteiger partial charge in [0.15, 0.2) is 6.10 Å². The van der Waals surface area contributed by atoms with Gasteiger partial charge >= 0.3 is 11.9 Å². The summed E-state index contributed by atoms with van der Waals surface area (Å²) in [5.74, 6) is -6.38. The Morgan fingerprint density at radius 2 is 1.42 bits per heavy atom. The number of piperidine rings is 1. The lowest BCUT2D eigenvalue weighted by Gasteiger charge is -2.38. The number of hydrogen-bond donors (Lipinski definition) is 7. The summed E-state index contributed by atoms with van der Waals surface area (Å²) in [6.45, 7) is 16.2. The zero-order chi connectivity index (χ0) is 65.0. The number of anilines is 1. The summed E-state index contributed by atoms with van der Waals surface area (Å²) in [4.78, 5) is 150. The molecule has 0 spiro atoms. The molecule has 1 aromatic heterocycles. The van der Waals surface area contributed by atoms with Crippen LogP contribution in [0.5, 0.6) is 0 Å². The van der Waals surface area contributed by atoms with Crippen LogP contribution in [-0.2, 0) is 73.3 Å². The number of likely N-dealkylation sites (N-methyl/N-ethyl adjacent to an activating group) is 2. The molecule has 1 fully saturated rings. The maximum absolute atomic E-state index is 14.4. The lowest BCUT2D eigenvalue weighted by Crippen LogP contribution is -2.58. The van der Waals surface area contributed by atoms with Crippen LogP contribution in [0.4, 0.5) is 5.69 Å². The number of ether oxygens (including phenoxy) is 4. The third kappa shape index (κ3) is 24.8. The number of likely N-dealkylation sites (tertiary alicyclic amines) is 1. The van der Waals surface area contributed by atoms with Gasteiger partial charge in [0.25, 0.3) is 17.7 Å². The molecular formula is C61H92N10O16S. The standard InChI is InChI=1S/C61H92N10O16S/c1-11-38(4)54(68-58(80)47-15-12-13-25-69(47)9)60(81)70(10)48(37(2)3)35-49(87-42(8)72)59-67-46(36-88-59)57(79)66-45(33-39(5)61(82)83)34-43-17-19-44(20-18-43)65-56(78)41(7)64-55(77)40(6)63-51(74)23-27-84-29-31-86-32-30-85-28-24-62-50(73)16-14-26-71-52(75)21-22-53(71)76/h17-22,36-41,45,47-49,54H,11-16,23-35H2,1-10H3,(H,62,73)(H,63,74)(H,64,77)(H,65,78)(H,66,79)(H,68,80)(H,82,83)/t38-,39-,40-,41-,45+,47?,48+,49+,54-/m0/s1. The van der Waals surface area contributed by atoms with Crippen LogP contribution in [0.15, 0.2) is 41.8 Å². The van der Waals surface area contributed by atoms with E-state index in [0.717, 1.165) is 35.6 Å². The second-order valence-corrected chi connectivity index (χ2v) is 23.7. The summed E-state index contributed by atoms with van der Waals surface area (Å²) in [6.07, 6.45) is 5.64. The number of carboxylic acids is 1. The first-order chi connectivity index (χ1) is 41.8. The predicted octanol–water partition coefficient (Wildman–Crippen LogP) is 3.30. The molecule has 27 heteroatoms. The highest BCUT2D eigenvalue weighted by atomic mass is 32.1. The van der Waals surface area contributed by atoms with Gasteiger partial charge in [0.05, 0.1) is 51.6 Å². The van der Waals surface area contributed by atoms with Crippen molar-refractivity contribution in [1.29, 1.82) is 0 Å². The van der Waals surface area contributed by atoms with Gasteiger partial charge < -0.3 is 60.9 Å². The number of nitrogens with zero attached hydrogens (tertiary/aromatic N) is 4. The molecule has 26 nitrogen and oxygen atoms in total. The number of carboxylic acid groups (broad SMARTS) is 1. The zero-order valence-electron chi connectivity index (χ0n) is 52.5. The van der Waals surface area contributed by atoms with Crippen LogP contribution < -0.4 is 31.9 Å². The van der Waals surface area contributed by atoms with Crippen LogP contribution in [0.25, 0.3) is 0 Å². The molecule has 2 aliphatic rings. The van der Waals surface area contributed by atoms with E-state index in [1.165, 1.54) is 45.2 Å². The number of amides is 9. The van der Waals surface area contributed by atoms with Crippen LogP contribution in [0.2, 0.25) is 0 Å². The molecule has 9 amide bonds. The van der Waals surface area contributed by atoms with E-state index >= 15 is 0 Å². The van der Waals surface area contributed by atoms with Crippen LogP contribution in [0, 0.1) is 17.8 Å². The number of rotatable bonds is 39. The fraction of sp³-hybridized carbons (Fsp3) is 0.639. The maximum atomic E-state index is 14.4. The molecule has 3 heterocycles. The van der Waals surface area contributed by atoms with E-state index in [9.17, 15) is 57.8 Å². The van der Waals surface area contributed by atoms with Gasteiger partial charge in [0.2, 0.25) is 35.4 Å². The van der Waals surface area contributed by atoms with E-state index in [0.29, 0.717) is 35.5 Å². The van der Waals surface area contributed by atoms with Crippen LogP contribution in [0.1, 0.15) is 140 Å². The summed E-state index contributed by atoms with van der Waals surface area (Å²) in [6, 6.07) is 2.43. The second kappa shape index (κ2) is 37.6. The molecule has 2 aliphatic heterocycles. The van der Waals surface area contributed by atoms with E-state index in [1.54, 1.807) is 36.2 Å². The van der Waals surface area contributed by atoms with Crippen LogP contribution in [-0.4, -0.2) is 200 Å². The molecule has 488 valence electrons. The molecule has 0 saturated carbocycles. The molecule has 88 heavy (non-hydrogen) atoms. The smallest absolute Gasteiger partial charge is 0.306 e. The highest BCUT2D eigenvalue weighted by Gasteiger charge is 2.38. The second-order valence-electron chi connectivity index (χ2n) is 22.8. The minimum Gasteiger partial charge on any atom is -0.481 e. The van der Waals surface area contributed by atoms with Crippen molar-refractivity contribution >= 4 is 82.1 Å². The minimum atomic E-state index is -1.06. The molecule has 1 saturated heterocycles. The first-order valence-electron chi connectivity index (χ1n) is 30.3. The third-order valence-corrected chi connectivity index (χ3v) is 16.3. The summed E-state index contributed by atoms with van der Waals surface area (Å²) in [5, 5.41) is 28.3. The van der Waals surface area contributed by atoms with Gasteiger partial charge in [-0.2, -0.15) is 0 Å². The minimum absolute atomic E-state index is 0.0183. The fourth-order valence-electron chi connectivity index (χ4n) is 9.89. The normalized spacial score (nSPS) is 16.9. The van der Waals surface area contributed by atoms with Crippen molar-refractivity contribution < 1.29 is 76.8 Å². The van der Waals surface area contributed by atoms with Crippen molar-refractivity contribution in [2.24, 2.45) is 17.8 Å². The third-order valence-electron chi connectivity index (χ3n) is 15.4. The Morgan fingerprint density at radius 1 is 0.784 bits per heavy atom. The van der Waals surface area contributed by atoms with Crippen LogP contribution >= 0.6 is 11.3 Å². The monoisotopic (exact) mass is 1250 g/mol. The SMILES string of the molecule is CC[C@H](C)[C@H](NC(=O)C1CCCCN1C)C(=O)N(C)[C@H](C[C@@H](OC(C)=O)c1nc(C(=O)N[C@@H](Cc2ccc(NC(=O)[C@H](C)NC(=O)[C@H](C)NC(=O)CCOCCOCCOCCNC(=O)CCCN3C(=O)C=CC3=O)cc2)C[C@H](C)C(=O)O)cs1)C(C)C. The average Bonchev–Trinajstić information content (AvgIpc) is 2.06. The number of carbonyl (C=O) groups is 11. The maximum Gasteiger partial charge on any atom is 0.306 e. The first kappa shape index (κ1) is 73.3. The Kier molecular flexibility index (Phi) is 31.3. The highest BCUT2D eigenvalue weighted by Crippen LogP contribution is 2.31. The molecule has 4 rings (SSSR count). The molecule has 1 aromatic carbocycles. The largest absolute Gasteiger partial charge is 0.481 e. The molecule has 9 atom stereocenters. The van der Waals surface area contributed by atoms with Gasteiger partial charge in [-0.1, -0.05) is 59.6 Å². The van der Waals surface area contributed by atoms with Gasteiger partial charge in [-0.3, -0.25) is 62.5 Å². The van der Waals surface area contributed by atoms with Crippen LogP contribution in [0.3, 0.4) is 0 Å². The number of thiazole rings is 1. The van der Waals surface area contributed by atoms with E-state index in [4.69, 9.17) is 18.9 Å². The Morgan fingerprint density at radius 3 is 2.03 bits per heavy atom. The summed E-state index contributed by atoms with van der Waals surface area (Å²) in [5.41, 5.74) is 1.12. The zero-order valence-corrected chi connectivity index (χ0v) is 53.3. The van der Waals surface area contributed by atoms with E-state index in [1.807, 2.05) is 39.6 Å². The Bertz CT molecular complexity index is 2690. The van der Waals surface area contributed by atoms with Crippen molar-refractivity contribution in [1.82, 2.24) is 46.3 Å². The Hall–Kier alpha value is -7.20. The Balaban J connectivity index is 1.21. The molecule has 0 bridgehead atoms. The lowest BCUT2D eigenvalue weighted by atomic mass is 9.92. The number of carbonyl (C=O) groups excluding carboxylic acids is 10. The number of benzene rings is 1. The first-order valence-corrected chi connectivity index (χ1v) is 31.1. The summed E-state index contributed by atoms with van der Waals surface area (Å²) >= 11 is 1.11. The fourth-order valence-corrected chi connectivity index (χ4v) is 10.7. The van der Waals surface area contributed by atoms with Gasteiger partial charge in [0, 0.05) is 81.6 Å². The van der Waals surface area contributed by atoms with Crippen molar-refractivity contribution in [3.8, 4) is 0 Å². The van der Waals surface area contributed by atoms with Gasteiger partial charge in [0.1, 0.15) is 28.8 Å². The molecule has 0 radical (unpaired) electrons. The Labute approximate surface area is 519 Å². The van der Waals surface area contributed by atoms with E-state index in [2.05, 4.69) is 36.9 Å². The van der Waals surface area contributed by atoms with Crippen molar-refractivity contribution in [2.75, 3.05) is 78.7 Å². The number of hydrogen-bond acceptors (Lipinski definition) is 18. The van der Waals surface area contributed by atoms with Crippen molar-refractivity contribution in [2.45, 2.75) is 162 Å². The predicted molar refractivity (Wildman–Crippen MR) is 326 cm³/mol. The van der Waals surface area contributed by atoms with Crippen molar-refractivity contribution in [3.63, 3.8) is 0 Å². The lowest BCUT2D eigenvalue weighted by molar-refractivity contribution is -0.149. The highest BCUT2D eigenvalue weighted by molar-refractivity contribution is 7.09. The van der Waals surface area contributed by atoms with E-state index < -0.39 is 77.8 Å². The van der Waals surface area contributed by atoms with Gasteiger partial charge in [-0.25, -0.2) is 4.98 Å². The van der Waals surface area contributed by atoms with Crippen molar-refractivity contribution in [3.05, 3.63) is 58.1 Å². The topological polar surface area (TPSA) is 340 Å². The number of aliphatic carboxylic acids is 1. The summed E-state index contributed by atoms with van der Waals surface area (Å²) < 4.78 is 22.2. The summed E-state index contributed by atoms with van der Waals surface area (Å²) in [7, 11) is 3.60. The van der Waals surface area contributed by atoms with Gasteiger partial charge in [-0.15, -0.1) is 11.3 Å². The van der Waals surface area contributed by atoms with E-state index in [-0.39, 0.29) is 138 Å². The average molecular weight is 1250 g/mol. The number of aromatic nitrogens is 1. The van der Waals surface area contributed by atoms with Gasteiger partial charge in [-0.05, 0) is 89.1 Å². The molecule has 7 N–H and O–H groups in total.